The lowest BCUT2D eigenvalue weighted by Crippen LogP contribution is -2.42. The van der Waals surface area contributed by atoms with Gasteiger partial charge in [0.2, 0.25) is 0 Å². The van der Waals surface area contributed by atoms with Crippen LogP contribution in [-0.4, -0.2) is 29.3 Å². The Labute approximate surface area is 107 Å². The summed E-state index contributed by atoms with van der Waals surface area (Å²) >= 11 is 0. The molecule has 2 N–H and O–H groups in total. The third kappa shape index (κ3) is 1.86. The van der Waals surface area contributed by atoms with E-state index in [0.717, 1.165) is 24.2 Å². The number of rotatable bonds is 2. The van der Waals surface area contributed by atoms with Crippen molar-refractivity contribution in [3.63, 3.8) is 0 Å². The molecule has 2 rings (SSSR count). The quantitative estimate of drug-likeness (QED) is 0.787. The van der Waals surface area contributed by atoms with Gasteiger partial charge in [0.25, 0.3) is 0 Å². The van der Waals surface area contributed by atoms with Gasteiger partial charge in [-0.3, -0.25) is 4.79 Å². The molecule has 0 fully saturated rings. The van der Waals surface area contributed by atoms with Gasteiger partial charge in [-0.25, -0.2) is 0 Å². The van der Waals surface area contributed by atoms with Crippen molar-refractivity contribution in [2.45, 2.75) is 38.8 Å². The second kappa shape index (κ2) is 4.28. The van der Waals surface area contributed by atoms with E-state index < -0.39 is 6.23 Å². The van der Waals surface area contributed by atoms with E-state index in [-0.39, 0.29) is 11.2 Å². The number of benzene rings is 1. The number of aldehydes is 1. The Bertz CT molecular complexity index is 480. The summed E-state index contributed by atoms with van der Waals surface area (Å²) in [4.78, 5) is 12.8. The van der Waals surface area contributed by atoms with E-state index in [1.807, 2.05) is 18.7 Å². The van der Waals surface area contributed by atoms with Crippen LogP contribution in [0.5, 0.6) is 5.75 Å². The summed E-state index contributed by atoms with van der Waals surface area (Å²) in [6, 6.07) is 3.39. The highest BCUT2D eigenvalue weighted by Crippen LogP contribution is 2.45. The predicted molar refractivity (Wildman–Crippen MR) is 70.2 cm³/mol. The second-order valence-corrected chi connectivity index (χ2v) is 5.47. The highest BCUT2D eigenvalue weighted by atomic mass is 16.3. The van der Waals surface area contributed by atoms with Crippen molar-refractivity contribution in [2.75, 3.05) is 11.4 Å². The third-order valence-corrected chi connectivity index (χ3v) is 3.73. The zero-order chi connectivity index (χ0) is 13.5. The zero-order valence-electron chi connectivity index (χ0n) is 11.0. The fourth-order valence-corrected chi connectivity index (χ4v) is 2.63. The molecule has 0 bridgehead atoms. The maximum absolute atomic E-state index is 10.9. The lowest BCUT2D eigenvalue weighted by molar-refractivity contribution is 0.112. The van der Waals surface area contributed by atoms with Crippen LogP contribution in [0.1, 0.15) is 43.1 Å². The molecule has 1 atom stereocenters. The smallest absolute Gasteiger partial charge is 0.153 e. The molecule has 1 heterocycles. The summed E-state index contributed by atoms with van der Waals surface area (Å²) < 4.78 is 0. The van der Waals surface area contributed by atoms with Gasteiger partial charge in [0, 0.05) is 17.8 Å². The van der Waals surface area contributed by atoms with Gasteiger partial charge >= 0.3 is 0 Å². The van der Waals surface area contributed by atoms with Gasteiger partial charge < -0.3 is 15.1 Å². The molecule has 4 heteroatoms. The van der Waals surface area contributed by atoms with Crippen LogP contribution in [0, 0.1) is 0 Å². The fourth-order valence-electron chi connectivity index (χ4n) is 2.63. The van der Waals surface area contributed by atoms with E-state index in [0.29, 0.717) is 11.8 Å². The van der Waals surface area contributed by atoms with Gasteiger partial charge in [0.15, 0.2) is 6.29 Å². The Kier molecular flexibility index (Phi) is 3.07. The molecule has 4 nitrogen and oxygen atoms in total. The molecular weight excluding hydrogens is 230 g/mol. The van der Waals surface area contributed by atoms with Crippen molar-refractivity contribution in [3.8, 4) is 5.75 Å². The van der Waals surface area contributed by atoms with Gasteiger partial charge in [-0.15, -0.1) is 0 Å². The molecule has 0 amide bonds. The van der Waals surface area contributed by atoms with Crippen molar-refractivity contribution < 1.29 is 15.0 Å². The number of hydrogen-bond donors (Lipinski definition) is 2. The number of nitrogens with zero attached hydrogens (tertiary/aromatic N) is 1. The van der Waals surface area contributed by atoms with E-state index >= 15 is 0 Å². The van der Waals surface area contributed by atoms with Gasteiger partial charge in [0.05, 0.1) is 5.56 Å². The van der Waals surface area contributed by atoms with E-state index in [1.165, 1.54) is 0 Å². The Hall–Kier alpha value is -1.55. The Morgan fingerprint density at radius 1 is 1.44 bits per heavy atom. The monoisotopic (exact) mass is 249 g/mol. The van der Waals surface area contributed by atoms with Gasteiger partial charge in [-0.05, 0) is 30.9 Å². The summed E-state index contributed by atoms with van der Waals surface area (Å²) in [6.07, 6.45) is 0.870. The van der Waals surface area contributed by atoms with Crippen molar-refractivity contribution in [2.24, 2.45) is 0 Å². The van der Waals surface area contributed by atoms with Crippen LogP contribution < -0.4 is 4.90 Å². The van der Waals surface area contributed by atoms with Crippen LogP contribution in [0.25, 0.3) is 0 Å². The highest BCUT2D eigenvalue weighted by Gasteiger charge is 2.35. The Balaban J connectivity index is 2.66. The SMILES string of the molecule is CC(O)N1CCC(C)(C)c2c1ccc(C=O)c2O. The van der Waals surface area contributed by atoms with Crippen molar-refractivity contribution in [1.29, 1.82) is 0 Å². The van der Waals surface area contributed by atoms with E-state index in [1.54, 1.807) is 19.1 Å². The van der Waals surface area contributed by atoms with Crippen LogP contribution in [0.15, 0.2) is 12.1 Å². The number of phenolic OH excluding ortho intramolecular Hbond substituents is 1. The molecule has 1 unspecified atom stereocenters. The lowest BCUT2D eigenvalue weighted by Gasteiger charge is -2.42. The van der Waals surface area contributed by atoms with Crippen molar-refractivity contribution in [1.82, 2.24) is 0 Å². The average Bonchev–Trinajstić information content (AvgIpc) is 2.28. The van der Waals surface area contributed by atoms with E-state index in [2.05, 4.69) is 0 Å². The van der Waals surface area contributed by atoms with Gasteiger partial charge in [-0.1, -0.05) is 13.8 Å². The number of fused-ring (bicyclic) bond motifs is 1. The minimum absolute atomic E-state index is 0.0397. The molecule has 18 heavy (non-hydrogen) atoms. The largest absolute Gasteiger partial charge is 0.507 e. The molecule has 0 spiro atoms. The molecule has 1 aromatic carbocycles. The van der Waals surface area contributed by atoms with Crippen molar-refractivity contribution >= 4 is 12.0 Å². The van der Waals surface area contributed by atoms with Gasteiger partial charge in [0.1, 0.15) is 12.0 Å². The molecule has 0 aromatic heterocycles. The maximum atomic E-state index is 10.9. The minimum Gasteiger partial charge on any atom is -0.507 e. The first-order valence-electron chi connectivity index (χ1n) is 6.15. The van der Waals surface area contributed by atoms with Crippen molar-refractivity contribution in [3.05, 3.63) is 23.3 Å². The molecule has 1 aromatic rings. The molecular formula is C14H19NO3. The molecule has 0 aliphatic carbocycles. The number of anilines is 1. The first-order valence-corrected chi connectivity index (χ1v) is 6.15. The normalized spacial score (nSPS) is 19.2. The number of hydrogen-bond acceptors (Lipinski definition) is 4. The van der Waals surface area contributed by atoms with Gasteiger partial charge in [-0.2, -0.15) is 0 Å². The molecule has 0 saturated heterocycles. The predicted octanol–water partition coefficient (Wildman–Crippen LogP) is 2.03. The summed E-state index contributed by atoms with van der Waals surface area (Å²) in [7, 11) is 0. The standard InChI is InChI=1S/C14H19NO3/c1-9(17)15-7-6-14(2,3)12-11(15)5-4-10(8-16)13(12)18/h4-5,8-9,17-18H,6-7H2,1-3H3. The molecule has 98 valence electrons. The van der Waals surface area contributed by atoms with Crippen LogP contribution in [-0.2, 0) is 5.41 Å². The third-order valence-electron chi connectivity index (χ3n) is 3.73. The summed E-state index contributed by atoms with van der Waals surface area (Å²) in [5.41, 5.74) is 1.65. The molecule has 1 aliphatic rings. The molecule has 1 aliphatic heterocycles. The average molecular weight is 249 g/mol. The molecule has 0 saturated carbocycles. The first kappa shape index (κ1) is 12.9. The lowest BCUT2D eigenvalue weighted by atomic mass is 9.76. The fraction of sp³-hybridized carbons (Fsp3) is 0.500. The van der Waals surface area contributed by atoms with E-state index in [4.69, 9.17) is 0 Å². The summed E-state index contributed by atoms with van der Waals surface area (Å²) in [5, 5.41) is 20.0. The van der Waals surface area contributed by atoms with Crippen LogP contribution in [0.2, 0.25) is 0 Å². The summed E-state index contributed by atoms with van der Waals surface area (Å²) in [5.74, 6) is 0.0397. The van der Waals surface area contributed by atoms with Crippen LogP contribution in [0.4, 0.5) is 5.69 Å². The Morgan fingerprint density at radius 3 is 2.67 bits per heavy atom. The number of carbonyl (C=O) groups is 1. The second-order valence-electron chi connectivity index (χ2n) is 5.47. The number of phenols is 1. The molecule has 0 radical (unpaired) electrons. The van der Waals surface area contributed by atoms with Crippen LogP contribution >= 0.6 is 0 Å². The maximum Gasteiger partial charge on any atom is 0.153 e. The number of aromatic hydroxyl groups is 1. The van der Waals surface area contributed by atoms with Crippen LogP contribution in [0.3, 0.4) is 0 Å². The summed E-state index contributed by atoms with van der Waals surface area (Å²) in [6.45, 7) is 6.52. The Morgan fingerprint density at radius 2 is 2.11 bits per heavy atom. The minimum atomic E-state index is -0.610. The topological polar surface area (TPSA) is 60.8 Å². The number of carbonyl (C=O) groups excluding carboxylic acids is 1. The highest BCUT2D eigenvalue weighted by molar-refractivity contribution is 5.83. The number of aliphatic hydroxyl groups excluding tert-OH is 1. The number of aliphatic hydroxyl groups is 1. The first-order chi connectivity index (χ1) is 8.38. The van der Waals surface area contributed by atoms with E-state index in [9.17, 15) is 15.0 Å². The zero-order valence-corrected chi connectivity index (χ0v) is 11.0.